The molecule has 4 rings (SSSR count). The number of fused-ring (bicyclic) bond motifs is 3. The number of aliphatic hydroxyl groups excluding tert-OH is 2. The van der Waals surface area contributed by atoms with E-state index in [1.807, 2.05) is 48.5 Å². The first-order valence-corrected chi connectivity index (χ1v) is 10.5. The van der Waals surface area contributed by atoms with Gasteiger partial charge >= 0.3 is 6.09 Å². The molecule has 0 spiro atoms. The van der Waals surface area contributed by atoms with Crippen LogP contribution in [-0.4, -0.2) is 48.1 Å². The van der Waals surface area contributed by atoms with Gasteiger partial charge < -0.3 is 20.3 Å². The molecule has 0 bridgehead atoms. The molecule has 7 nitrogen and oxygen atoms in total. The molecule has 7 heteroatoms. The lowest BCUT2D eigenvalue weighted by atomic mass is 9.98. The van der Waals surface area contributed by atoms with Gasteiger partial charge in [0.15, 0.2) is 0 Å². The van der Waals surface area contributed by atoms with Gasteiger partial charge in [-0.15, -0.1) is 0 Å². The molecule has 0 saturated carbocycles. The lowest BCUT2D eigenvalue weighted by molar-refractivity contribution is 0.0185. The summed E-state index contributed by atoms with van der Waals surface area (Å²) in [4.78, 5) is 34.3. The van der Waals surface area contributed by atoms with Gasteiger partial charge in [0.1, 0.15) is 31.4 Å². The number of alkyl carbamates (subject to hydrolysis) is 1. The number of hydrogen-bond acceptors (Lipinski definition) is 6. The summed E-state index contributed by atoms with van der Waals surface area (Å²) in [7, 11) is 0. The Bertz CT molecular complexity index is 1120. The van der Waals surface area contributed by atoms with Gasteiger partial charge in [-0.25, -0.2) is 4.79 Å². The van der Waals surface area contributed by atoms with Crippen LogP contribution >= 0.6 is 0 Å². The third kappa shape index (κ3) is 4.69. The monoisotopic (exact) mass is 445 g/mol. The van der Waals surface area contributed by atoms with Gasteiger partial charge in [-0.3, -0.25) is 9.59 Å². The minimum atomic E-state index is -1.41. The maximum Gasteiger partial charge on any atom is 0.407 e. The molecule has 168 valence electrons. The average molecular weight is 445 g/mol. The van der Waals surface area contributed by atoms with Crippen LogP contribution in [0.15, 0.2) is 66.7 Å². The van der Waals surface area contributed by atoms with E-state index in [-0.39, 0.29) is 35.8 Å². The van der Waals surface area contributed by atoms with Crippen molar-refractivity contribution in [1.82, 2.24) is 5.32 Å². The number of carbonyl (C=O) groups is 3. The summed E-state index contributed by atoms with van der Waals surface area (Å²) in [6, 6.07) is 20.1. The third-order valence-corrected chi connectivity index (χ3v) is 5.78. The van der Waals surface area contributed by atoms with Gasteiger partial charge in [-0.05, 0) is 46.0 Å². The predicted octanol–water partition coefficient (Wildman–Crippen LogP) is 3.24. The van der Waals surface area contributed by atoms with E-state index in [0.29, 0.717) is 12.6 Å². The minimum Gasteiger partial charge on any atom is -0.449 e. The van der Waals surface area contributed by atoms with E-state index in [0.717, 1.165) is 22.3 Å². The fraction of sp³-hybridized carbons (Fsp3) is 0.192. The number of hydrogen-bond donors (Lipinski definition) is 3. The SMILES string of the molecule is O=Cc1cc(C=O)cc(C(O)C(O)CNC(=O)OCC2c3ccccc3-c3ccccc32)c1. The number of aldehydes is 2. The van der Waals surface area contributed by atoms with Crippen LogP contribution in [0.3, 0.4) is 0 Å². The van der Waals surface area contributed by atoms with Crippen molar-refractivity contribution in [3.8, 4) is 11.1 Å². The van der Waals surface area contributed by atoms with Crippen LogP contribution in [0.5, 0.6) is 0 Å². The smallest absolute Gasteiger partial charge is 0.407 e. The van der Waals surface area contributed by atoms with Crippen LogP contribution in [0, 0.1) is 0 Å². The van der Waals surface area contributed by atoms with Crippen molar-refractivity contribution in [3.05, 3.63) is 94.5 Å². The van der Waals surface area contributed by atoms with Gasteiger partial charge in [-0.2, -0.15) is 0 Å². The Morgan fingerprint density at radius 1 is 0.909 bits per heavy atom. The number of carbonyl (C=O) groups excluding carboxylic acids is 3. The second-order valence-electron chi connectivity index (χ2n) is 7.89. The summed E-state index contributed by atoms with van der Waals surface area (Å²) in [6.45, 7) is -0.151. The first kappa shape index (κ1) is 22.4. The highest BCUT2D eigenvalue weighted by Crippen LogP contribution is 2.44. The largest absolute Gasteiger partial charge is 0.449 e. The Balaban J connectivity index is 1.36. The van der Waals surface area contributed by atoms with Crippen molar-refractivity contribution < 1.29 is 29.3 Å². The standard InChI is InChI=1S/C26H23NO6/c28-13-16-9-17(14-29)11-18(10-16)25(31)24(30)12-27-26(32)33-15-23-21-7-3-1-5-19(21)20-6-2-4-8-22(20)23/h1-11,13-14,23-25,30-31H,12,15H2,(H,27,32). The molecular weight excluding hydrogens is 422 g/mol. The van der Waals surface area contributed by atoms with E-state index >= 15 is 0 Å². The van der Waals surface area contributed by atoms with Gasteiger partial charge in [-0.1, -0.05) is 48.5 Å². The van der Waals surface area contributed by atoms with Crippen molar-refractivity contribution >= 4 is 18.7 Å². The molecule has 0 aromatic heterocycles. The van der Waals surface area contributed by atoms with Crippen molar-refractivity contribution in [3.63, 3.8) is 0 Å². The second-order valence-corrected chi connectivity index (χ2v) is 7.89. The van der Waals surface area contributed by atoms with Crippen LogP contribution in [0.1, 0.15) is 49.4 Å². The number of ether oxygens (including phenoxy) is 1. The number of benzene rings is 3. The molecule has 0 heterocycles. The van der Waals surface area contributed by atoms with E-state index in [1.54, 1.807) is 0 Å². The highest BCUT2D eigenvalue weighted by Gasteiger charge is 2.29. The molecule has 33 heavy (non-hydrogen) atoms. The van der Waals surface area contributed by atoms with Gasteiger partial charge in [0, 0.05) is 23.6 Å². The zero-order valence-electron chi connectivity index (χ0n) is 17.7. The summed E-state index contributed by atoms with van der Waals surface area (Å²) in [5, 5.41) is 23.1. The summed E-state index contributed by atoms with van der Waals surface area (Å²) in [5.74, 6) is -0.0912. The van der Waals surface area contributed by atoms with Crippen molar-refractivity contribution in [2.45, 2.75) is 18.1 Å². The van der Waals surface area contributed by atoms with Crippen LogP contribution in [-0.2, 0) is 4.74 Å². The van der Waals surface area contributed by atoms with Crippen LogP contribution in [0.4, 0.5) is 4.79 Å². The van der Waals surface area contributed by atoms with E-state index in [1.165, 1.54) is 18.2 Å². The summed E-state index contributed by atoms with van der Waals surface area (Å²) in [6.07, 6.45) is -2.41. The number of amides is 1. The molecule has 3 N–H and O–H groups in total. The van der Waals surface area contributed by atoms with E-state index in [2.05, 4.69) is 5.32 Å². The van der Waals surface area contributed by atoms with Crippen LogP contribution in [0.25, 0.3) is 11.1 Å². The van der Waals surface area contributed by atoms with Crippen LogP contribution in [0.2, 0.25) is 0 Å². The normalized spacial score (nSPS) is 14.0. The Morgan fingerprint density at radius 2 is 1.45 bits per heavy atom. The average Bonchev–Trinajstić information content (AvgIpc) is 3.18. The fourth-order valence-electron chi connectivity index (χ4n) is 4.18. The molecule has 1 amide bonds. The van der Waals surface area contributed by atoms with Crippen LogP contribution < -0.4 is 5.32 Å². The molecule has 3 aromatic carbocycles. The minimum absolute atomic E-state index is 0.0912. The van der Waals surface area contributed by atoms with E-state index in [4.69, 9.17) is 4.74 Å². The highest BCUT2D eigenvalue weighted by molar-refractivity contribution is 5.82. The van der Waals surface area contributed by atoms with Gasteiger partial charge in [0.05, 0.1) is 0 Å². The molecule has 2 atom stereocenters. The predicted molar refractivity (Wildman–Crippen MR) is 121 cm³/mol. The maximum absolute atomic E-state index is 12.3. The molecule has 0 fully saturated rings. The van der Waals surface area contributed by atoms with Crippen molar-refractivity contribution in [1.29, 1.82) is 0 Å². The number of rotatable bonds is 8. The molecule has 0 saturated heterocycles. The Kier molecular flexibility index (Phi) is 6.63. The second kappa shape index (κ2) is 9.77. The molecule has 0 radical (unpaired) electrons. The van der Waals surface area contributed by atoms with Crippen molar-refractivity contribution in [2.24, 2.45) is 0 Å². The molecule has 0 aliphatic heterocycles. The highest BCUT2D eigenvalue weighted by atomic mass is 16.5. The number of nitrogens with one attached hydrogen (secondary N) is 1. The number of aliphatic hydroxyl groups is 2. The van der Waals surface area contributed by atoms with Gasteiger partial charge in [0.2, 0.25) is 0 Å². The zero-order chi connectivity index (χ0) is 23.4. The van der Waals surface area contributed by atoms with Gasteiger partial charge in [0.25, 0.3) is 0 Å². The first-order chi connectivity index (χ1) is 16.0. The first-order valence-electron chi connectivity index (χ1n) is 10.5. The van der Waals surface area contributed by atoms with E-state index in [9.17, 15) is 24.6 Å². The summed E-state index contributed by atoms with van der Waals surface area (Å²) >= 11 is 0. The van der Waals surface area contributed by atoms with Crippen molar-refractivity contribution in [2.75, 3.05) is 13.2 Å². The Hall–Kier alpha value is -3.81. The quantitative estimate of drug-likeness (QED) is 0.459. The maximum atomic E-state index is 12.3. The molecule has 1 aliphatic rings. The third-order valence-electron chi connectivity index (χ3n) is 5.78. The Morgan fingerprint density at radius 3 is 2.00 bits per heavy atom. The zero-order valence-corrected chi connectivity index (χ0v) is 17.7. The summed E-state index contributed by atoms with van der Waals surface area (Å²) < 4.78 is 5.41. The molecule has 1 aliphatic carbocycles. The molecular formula is C26H23NO6. The topological polar surface area (TPSA) is 113 Å². The molecule has 3 aromatic rings. The van der Waals surface area contributed by atoms with E-state index < -0.39 is 18.3 Å². The lowest BCUT2D eigenvalue weighted by Crippen LogP contribution is -2.36. The fourth-order valence-corrected chi connectivity index (χ4v) is 4.18. The Labute approximate surface area is 190 Å². The lowest BCUT2D eigenvalue weighted by Gasteiger charge is -2.20. The summed E-state index contributed by atoms with van der Waals surface area (Å²) in [5.41, 5.74) is 5.01. The molecule has 2 unspecified atom stereocenters.